The Hall–Kier alpha value is -1.10. The van der Waals surface area contributed by atoms with Gasteiger partial charge in [0.15, 0.2) is 6.29 Å². The van der Waals surface area contributed by atoms with Crippen LogP contribution in [0.5, 0.6) is 5.75 Å². The van der Waals surface area contributed by atoms with Crippen LogP contribution >= 0.6 is 0 Å². The lowest BCUT2D eigenvalue weighted by Crippen LogP contribution is -2.14. The third-order valence-corrected chi connectivity index (χ3v) is 2.35. The summed E-state index contributed by atoms with van der Waals surface area (Å²) in [7, 11) is 1.61. The van der Waals surface area contributed by atoms with Crippen molar-refractivity contribution in [2.45, 2.75) is 12.4 Å². The molecule has 0 aromatic heterocycles. The number of benzene rings is 1. The molecule has 0 saturated carbocycles. The van der Waals surface area contributed by atoms with Crippen LogP contribution in [0.4, 0.5) is 0 Å². The zero-order valence-electron chi connectivity index (χ0n) is 8.55. The summed E-state index contributed by atoms with van der Waals surface area (Å²) in [6.45, 7) is 0.394. The summed E-state index contributed by atoms with van der Waals surface area (Å²) in [5.41, 5.74) is 0.857. The number of hydrogen-bond donors (Lipinski definition) is 1. The van der Waals surface area contributed by atoms with Crippen molar-refractivity contribution in [3.05, 3.63) is 29.8 Å². The number of para-hydroxylation sites is 1. The van der Waals surface area contributed by atoms with Crippen LogP contribution in [0.25, 0.3) is 0 Å². The molecule has 4 nitrogen and oxygen atoms in total. The van der Waals surface area contributed by atoms with E-state index in [2.05, 4.69) is 0 Å². The van der Waals surface area contributed by atoms with E-state index in [0.29, 0.717) is 6.61 Å². The highest BCUT2D eigenvalue weighted by atomic mass is 16.7. The quantitative estimate of drug-likeness (QED) is 0.811. The van der Waals surface area contributed by atoms with Crippen LogP contribution in [0, 0.1) is 0 Å². The molecule has 1 aromatic carbocycles. The molecule has 15 heavy (non-hydrogen) atoms. The molecule has 2 rings (SSSR count). The fourth-order valence-electron chi connectivity index (χ4n) is 1.57. The van der Waals surface area contributed by atoms with Gasteiger partial charge >= 0.3 is 0 Å². The van der Waals surface area contributed by atoms with Crippen LogP contribution in [-0.2, 0) is 9.47 Å². The van der Waals surface area contributed by atoms with E-state index in [0.717, 1.165) is 11.3 Å². The second-order valence-electron chi connectivity index (χ2n) is 3.35. The van der Waals surface area contributed by atoms with E-state index in [4.69, 9.17) is 19.3 Å². The smallest absolute Gasteiger partial charge is 0.188 e. The average Bonchev–Trinajstić information content (AvgIpc) is 2.77. The van der Waals surface area contributed by atoms with Crippen LogP contribution in [0.2, 0.25) is 0 Å². The molecule has 0 aliphatic carbocycles. The number of methoxy groups -OCH3 is 1. The fraction of sp³-hybridized carbons (Fsp3) is 0.455. The summed E-state index contributed by atoms with van der Waals surface area (Å²) in [5, 5.41) is 8.92. The van der Waals surface area contributed by atoms with Gasteiger partial charge in [-0.2, -0.15) is 0 Å². The lowest BCUT2D eigenvalue weighted by atomic mass is 10.2. The van der Waals surface area contributed by atoms with Crippen molar-refractivity contribution >= 4 is 0 Å². The average molecular weight is 210 g/mol. The largest absolute Gasteiger partial charge is 0.496 e. The van der Waals surface area contributed by atoms with E-state index < -0.39 is 6.29 Å². The van der Waals surface area contributed by atoms with E-state index in [9.17, 15) is 0 Å². The molecule has 1 fully saturated rings. The molecule has 1 heterocycles. The van der Waals surface area contributed by atoms with Gasteiger partial charge in [-0.3, -0.25) is 0 Å². The van der Waals surface area contributed by atoms with Crippen LogP contribution in [0.1, 0.15) is 11.9 Å². The molecule has 2 atom stereocenters. The van der Waals surface area contributed by atoms with Crippen LogP contribution < -0.4 is 4.74 Å². The Balaban J connectivity index is 2.16. The summed E-state index contributed by atoms with van der Waals surface area (Å²) in [5.74, 6) is 0.737. The zero-order valence-corrected chi connectivity index (χ0v) is 8.55. The van der Waals surface area contributed by atoms with Crippen LogP contribution in [0.3, 0.4) is 0 Å². The maximum Gasteiger partial charge on any atom is 0.188 e. The number of aliphatic hydroxyl groups is 1. The molecule has 0 spiro atoms. The normalized spacial score (nSPS) is 25.5. The molecule has 1 N–H and O–H groups in total. The number of ether oxygens (including phenoxy) is 3. The molecular formula is C11H14O4. The Morgan fingerprint density at radius 1 is 1.47 bits per heavy atom. The van der Waals surface area contributed by atoms with Gasteiger partial charge in [-0.05, 0) is 6.07 Å². The second kappa shape index (κ2) is 4.61. The van der Waals surface area contributed by atoms with Crippen LogP contribution in [0.15, 0.2) is 24.3 Å². The van der Waals surface area contributed by atoms with Crippen molar-refractivity contribution in [1.29, 1.82) is 0 Å². The van der Waals surface area contributed by atoms with E-state index in [-0.39, 0.29) is 12.7 Å². The third-order valence-electron chi connectivity index (χ3n) is 2.35. The van der Waals surface area contributed by atoms with Crippen molar-refractivity contribution < 1.29 is 19.3 Å². The molecule has 1 aliphatic rings. The molecule has 0 bridgehead atoms. The van der Waals surface area contributed by atoms with Gasteiger partial charge in [-0.1, -0.05) is 18.2 Å². The minimum atomic E-state index is -0.432. The molecular weight excluding hydrogens is 196 g/mol. The minimum absolute atomic E-state index is 0.0222. The van der Waals surface area contributed by atoms with E-state index in [1.54, 1.807) is 7.11 Å². The SMILES string of the molecule is COc1ccccc1[C@H]1OC[C@@H](CO)O1. The first-order valence-electron chi connectivity index (χ1n) is 4.86. The van der Waals surface area contributed by atoms with Gasteiger partial charge in [0, 0.05) is 5.56 Å². The zero-order chi connectivity index (χ0) is 10.7. The van der Waals surface area contributed by atoms with Gasteiger partial charge in [0.25, 0.3) is 0 Å². The topological polar surface area (TPSA) is 47.9 Å². The van der Waals surface area contributed by atoms with Gasteiger partial charge < -0.3 is 19.3 Å². The molecule has 82 valence electrons. The van der Waals surface area contributed by atoms with Gasteiger partial charge in [0.2, 0.25) is 0 Å². The Morgan fingerprint density at radius 3 is 2.93 bits per heavy atom. The number of rotatable bonds is 3. The second-order valence-corrected chi connectivity index (χ2v) is 3.35. The summed E-state index contributed by atoms with van der Waals surface area (Å²) in [4.78, 5) is 0. The Morgan fingerprint density at radius 2 is 2.27 bits per heavy atom. The Labute approximate surface area is 88.4 Å². The lowest BCUT2D eigenvalue weighted by Gasteiger charge is -2.13. The van der Waals surface area contributed by atoms with E-state index in [1.807, 2.05) is 24.3 Å². The first-order chi connectivity index (χ1) is 7.35. The highest BCUT2D eigenvalue weighted by molar-refractivity contribution is 5.34. The Bertz CT molecular complexity index is 326. The summed E-state index contributed by atoms with van der Waals surface area (Å²) < 4.78 is 16.1. The van der Waals surface area contributed by atoms with Gasteiger partial charge in [-0.15, -0.1) is 0 Å². The molecule has 0 amide bonds. The van der Waals surface area contributed by atoms with Crippen LogP contribution in [-0.4, -0.2) is 31.5 Å². The Kier molecular flexibility index (Phi) is 3.20. The molecule has 4 heteroatoms. The van der Waals surface area contributed by atoms with Gasteiger partial charge in [-0.25, -0.2) is 0 Å². The highest BCUT2D eigenvalue weighted by Crippen LogP contribution is 2.32. The summed E-state index contributed by atoms with van der Waals surface area (Å²) in [6, 6.07) is 7.54. The monoisotopic (exact) mass is 210 g/mol. The van der Waals surface area contributed by atoms with Crippen molar-refractivity contribution in [3.63, 3.8) is 0 Å². The maximum atomic E-state index is 8.92. The predicted molar refractivity (Wildman–Crippen MR) is 53.6 cm³/mol. The summed E-state index contributed by atoms with van der Waals surface area (Å²) >= 11 is 0. The van der Waals surface area contributed by atoms with Crippen molar-refractivity contribution in [3.8, 4) is 5.75 Å². The van der Waals surface area contributed by atoms with Gasteiger partial charge in [0.1, 0.15) is 11.9 Å². The molecule has 0 radical (unpaired) electrons. The predicted octanol–water partition coefficient (Wildman–Crippen LogP) is 1.10. The summed E-state index contributed by atoms with van der Waals surface area (Å²) in [6.07, 6.45) is -0.668. The number of aliphatic hydroxyl groups excluding tert-OH is 1. The third kappa shape index (κ3) is 2.12. The fourth-order valence-corrected chi connectivity index (χ4v) is 1.57. The molecule has 1 aliphatic heterocycles. The van der Waals surface area contributed by atoms with E-state index in [1.165, 1.54) is 0 Å². The van der Waals surface area contributed by atoms with Crippen molar-refractivity contribution in [2.24, 2.45) is 0 Å². The first-order valence-corrected chi connectivity index (χ1v) is 4.86. The van der Waals surface area contributed by atoms with E-state index >= 15 is 0 Å². The lowest BCUT2D eigenvalue weighted by molar-refractivity contribution is -0.0686. The first kappa shape index (κ1) is 10.4. The highest BCUT2D eigenvalue weighted by Gasteiger charge is 2.28. The van der Waals surface area contributed by atoms with Gasteiger partial charge in [0.05, 0.1) is 20.3 Å². The molecule has 0 unspecified atom stereocenters. The molecule has 1 saturated heterocycles. The van der Waals surface area contributed by atoms with Crippen molar-refractivity contribution in [1.82, 2.24) is 0 Å². The number of hydrogen-bond acceptors (Lipinski definition) is 4. The van der Waals surface area contributed by atoms with Crippen molar-refractivity contribution in [2.75, 3.05) is 20.3 Å². The minimum Gasteiger partial charge on any atom is -0.496 e. The maximum absolute atomic E-state index is 8.92. The molecule has 1 aromatic rings. The standard InChI is InChI=1S/C11H14O4/c1-13-10-5-3-2-4-9(10)11-14-7-8(6-12)15-11/h2-5,8,11-12H,6-7H2,1H3/t8-,11+/m1/s1.